The van der Waals surface area contributed by atoms with E-state index in [1.54, 1.807) is 0 Å². The Balaban J connectivity index is 1.82. The van der Waals surface area contributed by atoms with Crippen LogP contribution in [0.3, 0.4) is 0 Å². The average Bonchev–Trinajstić information content (AvgIpc) is 2.49. The summed E-state index contributed by atoms with van der Waals surface area (Å²) in [4.78, 5) is 27.4. The fraction of sp³-hybridized carbons (Fsp3) is 0.857. The molecule has 0 atom stereocenters. The predicted molar refractivity (Wildman–Crippen MR) is 73.4 cm³/mol. The zero-order chi connectivity index (χ0) is 14.6. The Bertz CT molecular complexity index is 358. The van der Waals surface area contributed by atoms with Gasteiger partial charge in [0.15, 0.2) is 0 Å². The van der Waals surface area contributed by atoms with Crippen molar-refractivity contribution in [3.05, 3.63) is 0 Å². The third-order valence-electron chi connectivity index (χ3n) is 4.67. The summed E-state index contributed by atoms with van der Waals surface area (Å²) < 4.78 is 5.24. The maximum absolute atomic E-state index is 12.1. The molecule has 0 spiro atoms. The number of piperidine rings is 1. The molecule has 114 valence electrons. The van der Waals surface area contributed by atoms with Crippen LogP contribution in [0.5, 0.6) is 0 Å². The highest BCUT2D eigenvalue weighted by atomic mass is 16.5. The van der Waals surface area contributed by atoms with Crippen molar-refractivity contribution in [2.24, 2.45) is 5.41 Å². The molecule has 0 aromatic carbocycles. The van der Waals surface area contributed by atoms with Gasteiger partial charge in [-0.15, -0.1) is 0 Å². The van der Waals surface area contributed by atoms with E-state index in [0.29, 0.717) is 65.2 Å². The van der Waals surface area contributed by atoms with Crippen LogP contribution in [0.25, 0.3) is 0 Å². The lowest BCUT2D eigenvalue weighted by molar-refractivity contribution is -0.152. The quantitative estimate of drug-likeness (QED) is 0.810. The van der Waals surface area contributed by atoms with Crippen LogP contribution >= 0.6 is 0 Å². The van der Waals surface area contributed by atoms with Gasteiger partial charge >= 0.3 is 5.97 Å². The molecular weight excluding hydrogens is 260 g/mol. The van der Waals surface area contributed by atoms with Crippen LogP contribution in [0, 0.1) is 5.41 Å². The van der Waals surface area contributed by atoms with E-state index in [4.69, 9.17) is 4.74 Å². The Hall–Kier alpha value is -1.14. The van der Waals surface area contributed by atoms with E-state index in [1.165, 1.54) is 0 Å². The molecule has 1 amide bonds. The number of rotatable bonds is 4. The SMILES string of the molecule is CCC1(C(=O)O)CCN(CC(=O)N2CCOCC2)CC1. The Morgan fingerprint density at radius 3 is 2.25 bits per heavy atom. The van der Waals surface area contributed by atoms with Crippen LogP contribution in [-0.2, 0) is 14.3 Å². The average molecular weight is 284 g/mol. The highest BCUT2D eigenvalue weighted by Gasteiger charge is 2.40. The van der Waals surface area contributed by atoms with Crippen molar-refractivity contribution < 1.29 is 19.4 Å². The van der Waals surface area contributed by atoms with E-state index < -0.39 is 11.4 Å². The van der Waals surface area contributed by atoms with Gasteiger partial charge in [-0.2, -0.15) is 0 Å². The van der Waals surface area contributed by atoms with E-state index in [9.17, 15) is 14.7 Å². The molecule has 2 aliphatic heterocycles. The van der Waals surface area contributed by atoms with Gasteiger partial charge in [-0.3, -0.25) is 14.5 Å². The molecule has 0 aromatic rings. The Morgan fingerprint density at radius 2 is 1.75 bits per heavy atom. The second kappa shape index (κ2) is 6.54. The zero-order valence-electron chi connectivity index (χ0n) is 12.1. The number of likely N-dealkylation sites (tertiary alicyclic amines) is 1. The number of morpholine rings is 1. The summed E-state index contributed by atoms with van der Waals surface area (Å²) in [5.74, 6) is -0.563. The number of hydrogen-bond acceptors (Lipinski definition) is 4. The Labute approximate surface area is 119 Å². The molecule has 6 heteroatoms. The largest absolute Gasteiger partial charge is 0.481 e. The molecule has 2 saturated heterocycles. The second-order valence-corrected chi connectivity index (χ2v) is 5.71. The molecule has 0 unspecified atom stereocenters. The number of amides is 1. The van der Waals surface area contributed by atoms with Crippen LogP contribution in [0.1, 0.15) is 26.2 Å². The van der Waals surface area contributed by atoms with Crippen LogP contribution in [0.2, 0.25) is 0 Å². The first kappa shape index (κ1) is 15.3. The monoisotopic (exact) mass is 284 g/mol. The van der Waals surface area contributed by atoms with Crippen LogP contribution < -0.4 is 0 Å². The first-order valence-corrected chi connectivity index (χ1v) is 7.39. The Morgan fingerprint density at radius 1 is 1.15 bits per heavy atom. The fourth-order valence-electron chi connectivity index (χ4n) is 2.96. The summed E-state index contributed by atoms with van der Waals surface area (Å²) in [7, 11) is 0. The van der Waals surface area contributed by atoms with E-state index >= 15 is 0 Å². The van der Waals surface area contributed by atoms with Gasteiger partial charge in [0.1, 0.15) is 0 Å². The van der Waals surface area contributed by atoms with Gasteiger partial charge in [0, 0.05) is 13.1 Å². The van der Waals surface area contributed by atoms with Crippen LogP contribution in [0.15, 0.2) is 0 Å². The minimum absolute atomic E-state index is 0.132. The van der Waals surface area contributed by atoms with Crippen LogP contribution in [-0.4, -0.2) is 72.7 Å². The van der Waals surface area contributed by atoms with Gasteiger partial charge in [0.05, 0.1) is 25.2 Å². The highest BCUT2D eigenvalue weighted by Crippen LogP contribution is 2.35. The van der Waals surface area contributed by atoms with E-state index in [1.807, 2.05) is 11.8 Å². The molecule has 0 aliphatic carbocycles. The number of nitrogens with zero attached hydrogens (tertiary/aromatic N) is 2. The molecule has 2 fully saturated rings. The molecule has 6 nitrogen and oxygen atoms in total. The number of hydrogen-bond donors (Lipinski definition) is 1. The summed E-state index contributed by atoms with van der Waals surface area (Å²) in [6.07, 6.45) is 1.93. The number of ether oxygens (including phenoxy) is 1. The van der Waals surface area contributed by atoms with Gasteiger partial charge in [-0.1, -0.05) is 6.92 Å². The smallest absolute Gasteiger partial charge is 0.309 e. The minimum Gasteiger partial charge on any atom is -0.481 e. The summed E-state index contributed by atoms with van der Waals surface area (Å²) in [6, 6.07) is 0. The van der Waals surface area contributed by atoms with E-state index in [0.717, 1.165) is 0 Å². The van der Waals surface area contributed by atoms with Crippen LogP contribution in [0.4, 0.5) is 0 Å². The first-order chi connectivity index (χ1) is 9.57. The van der Waals surface area contributed by atoms with Crippen molar-refractivity contribution in [1.29, 1.82) is 0 Å². The third-order valence-corrected chi connectivity index (χ3v) is 4.67. The van der Waals surface area contributed by atoms with Crippen molar-refractivity contribution in [1.82, 2.24) is 9.80 Å². The molecule has 0 saturated carbocycles. The Kier molecular flexibility index (Phi) is 4.99. The lowest BCUT2D eigenvalue weighted by Crippen LogP contribution is -2.49. The van der Waals surface area contributed by atoms with Crippen molar-refractivity contribution in [2.75, 3.05) is 45.9 Å². The van der Waals surface area contributed by atoms with E-state index in [-0.39, 0.29) is 5.91 Å². The first-order valence-electron chi connectivity index (χ1n) is 7.39. The fourth-order valence-corrected chi connectivity index (χ4v) is 2.96. The molecule has 1 N–H and O–H groups in total. The molecule has 0 radical (unpaired) electrons. The summed E-state index contributed by atoms with van der Waals surface area (Å²) in [5.41, 5.74) is -0.585. The number of carboxylic acids is 1. The molecule has 0 bridgehead atoms. The lowest BCUT2D eigenvalue weighted by Gasteiger charge is -2.39. The molecule has 20 heavy (non-hydrogen) atoms. The highest BCUT2D eigenvalue weighted by molar-refractivity contribution is 5.78. The van der Waals surface area contributed by atoms with Crippen molar-refractivity contribution >= 4 is 11.9 Å². The summed E-state index contributed by atoms with van der Waals surface area (Å²) >= 11 is 0. The minimum atomic E-state index is -0.695. The molecule has 2 rings (SSSR count). The maximum Gasteiger partial charge on any atom is 0.309 e. The topological polar surface area (TPSA) is 70.1 Å². The number of aliphatic carboxylic acids is 1. The number of carboxylic acid groups (broad SMARTS) is 1. The molecule has 0 aromatic heterocycles. The predicted octanol–water partition coefficient (Wildman–Crippen LogP) is 0.422. The second-order valence-electron chi connectivity index (χ2n) is 5.71. The summed E-state index contributed by atoms with van der Waals surface area (Å²) in [5, 5.41) is 9.35. The number of carbonyl (C=O) groups is 2. The zero-order valence-corrected chi connectivity index (χ0v) is 12.1. The van der Waals surface area contributed by atoms with Gasteiger partial charge < -0.3 is 14.7 Å². The lowest BCUT2D eigenvalue weighted by atomic mass is 9.76. The number of carbonyl (C=O) groups excluding carboxylic acids is 1. The van der Waals surface area contributed by atoms with Gasteiger partial charge in [-0.25, -0.2) is 0 Å². The van der Waals surface area contributed by atoms with E-state index in [2.05, 4.69) is 4.90 Å². The molecule has 2 heterocycles. The van der Waals surface area contributed by atoms with Gasteiger partial charge in [0.2, 0.25) is 5.91 Å². The normalized spacial score (nSPS) is 23.6. The van der Waals surface area contributed by atoms with Gasteiger partial charge in [-0.05, 0) is 32.4 Å². The molecular formula is C14H24N2O4. The standard InChI is InChI=1S/C14H24N2O4/c1-2-14(13(18)19)3-5-15(6-4-14)11-12(17)16-7-9-20-10-8-16/h2-11H2,1H3,(H,18,19). The van der Waals surface area contributed by atoms with Crippen molar-refractivity contribution in [2.45, 2.75) is 26.2 Å². The maximum atomic E-state index is 12.1. The van der Waals surface area contributed by atoms with Crippen molar-refractivity contribution in [3.8, 4) is 0 Å². The van der Waals surface area contributed by atoms with Gasteiger partial charge in [0.25, 0.3) is 0 Å². The third kappa shape index (κ3) is 3.30. The van der Waals surface area contributed by atoms with Crippen molar-refractivity contribution in [3.63, 3.8) is 0 Å². The summed E-state index contributed by atoms with van der Waals surface area (Å²) in [6.45, 7) is 6.28. The molecule has 2 aliphatic rings.